The molecule has 1 saturated heterocycles. The van der Waals surface area contributed by atoms with E-state index in [1.165, 1.54) is 36.0 Å². The Kier molecular flexibility index (Phi) is 6.53. The Bertz CT molecular complexity index is 1320. The van der Waals surface area contributed by atoms with E-state index >= 15 is 0 Å². The van der Waals surface area contributed by atoms with Gasteiger partial charge in [-0.15, -0.1) is 0 Å². The molecule has 0 aromatic heterocycles. The second-order valence-corrected chi connectivity index (χ2v) is 8.14. The Morgan fingerprint density at radius 1 is 1.09 bits per heavy atom. The molecule has 164 valence electrons. The topological polar surface area (TPSA) is 111 Å². The minimum absolute atomic E-state index is 0.120. The lowest BCUT2D eigenvalue weighted by Gasteiger charge is -2.05. The molecule has 8 nitrogen and oxygen atoms in total. The Morgan fingerprint density at radius 2 is 1.85 bits per heavy atom. The number of ether oxygens (including phenoxy) is 1. The fraction of sp³-hybridized carbons (Fsp3) is 0. The van der Waals surface area contributed by atoms with Gasteiger partial charge < -0.3 is 10.1 Å². The SMILES string of the molecule is O=C1NC(=Nc2ccccc2Cl)S/C1=C/c1cccc(OC(=O)c2ccc([N+](=O)[O-])cc2)c1. The number of nitrogens with one attached hydrogen (secondary N) is 1. The first kappa shape index (κ1) is 22.3. The second-order valence-electron chi connectivity index (χ2n) is 6.70. The molecule has 0 bridgehead atoms. The van der Waals surface area contributed by atoms with E-state index in [4.69, 9.17) is 16.3 Å². The maximum atomic E-state index is 12.3. The average molecular weight is 480 g/mol. The van der Waals surface area contributed by atoms with E-state index in [1.54, 1.807) is 54.6 Å². The Hall–Kier alpha value is -3.95. The number of thioether (sulfide) groups is 1. The third kappa shape index (κ3) is 5.46. The maximum Gasteiger partial charge on any atom is 0.343 e. The van der Waals surface area contributed by atoms with Gasteiger partial charge in [0.1, 0.15) is 5.75 Å². The van der Waals surface area contributed by atoms with Crippen molar-refractivity contribution in [3.63, 3.8) is 0 Å². The molecule has 4 rings (SSSR count). The average Bonchev–Trinajstić information content (AvgIpc) is 3.14. The minimum Gasteiger partial charge on any atom is -0.423 e. The highest BCUT2D eigenvalue weighted by atomic mass is 35.5. The van der Waals surface area contributed by atoms with E-state index in [9.17, 15) is 19.7 Å². The van der Waals surface area contributed by atoms with Gasteiger partial charge in [0.15, 0.2) is 5.17 Å². The quantitative estimate of drug-likeness (QED) is 0.173. The lowest BCUT2D eigenvalue weighted by molar-refractivity contribution is -0.384. The van der Waals surface area contributed by atoms with Crippen molar-refractivity contribution < 1.29 is 19.2 Å². The molecule has 33 heavy (non-hydrogen) atoms. The van der Waals surface area contributed by atoms with Gasteiger partial charge in [-0.1, -0.05) is 35.9 Å². The van der Waals surface area contributed by atoms with Crippen LogP contribution in [0.25, 0.3) is 6.08 Å². The van der Waals surface area contributed by atoms with Crippen LogP contribution >= 0.6 is 23.4 Å². The largest absolute Gasteiger partial charge is 0.423 e. The van der Waals surface area contributed by atoms with Gasteiger partial charge in [0.05, 0.1) is 26.1 Å². The van der Waals surface area contributed by atoms with Gasteiger partial charge in [0, 0.05) is 12.1 Å². The fourth-order valence-corrected chi connectivity index (χ4v) is 3.85. The van der Waals surface area contributed by atoms with Crippen LogP contribution < -0.4 is 10.1 Å². The summed E-state index contributed by atoms with van der Waals surface area (Å²) in [6.45, 7) is 0. The van der Waals surface area contributed by atoms with Crippen LogP contribution in [0, 0.1) is 10.1 Å². The van der Waals surface area contributed by atoms with Gasteiger partial charge in [0.25, 0.3) is 11.6 Å². The number of amides is 1. The van der Waals surface area contributed by atoms with E-state index in [1.807, 2.05) is 0 Å². The molecule has 0 spiro atoms. The van der Waals surface area contributed by atoms with E-state index in [2.05, 4.69) is 10.3 Å². The highest BCUT2D eigenvalue weighted by molar-refractivity contribution is 8.18. The van der Waals surface area contributed by atoms with Crippen LogP contribution in [0.4, 0.5) is 11.4 Å². The van der Waals surface area contributed by atoms with Crippen molar-refractivity contribution >= 4 is 57.9 Å². The lowest BCUT2D eigenvalue weighted by Crippen LogP contribution is -2.19. The van der Waals surface area contributed by atoms with Crippen LogP contribution in [0.5, 0.6) is 5.75 Å². The maximum absolute atomic E-state index is 12.3. The van der Waals surface area contributed by atoms with E-state index in [-0.39, 0.29) is 22.9 Å². The van der Waals surface area contributed by atoms with E-state index in [0.29, 0.717) is 26.3 Å². The summed E-state index contributed by atoms with van der Waals surface area (Å²) in [5.74, 6) is -0.697. The molecule has 1 N–H and O–H groups in total. The molecular weight excluding hydrogens is 466 g/mol. The third-order valence-corrected chi connectivity index (χ3v) is 5.64. The molecule has 0 atom stereocenters. The number of non-ortho nitro benzene ring substituents is 1. The van der Waals surface area contributed by atoms with Crippen LogP contribution in [0.15, 0.2) is 82.7 Å². The molecular formula is C23H14ClN3O5S. The summed E-state index contributed by atoms with van der Waals surface area (Å²) in [4.78, 5) is 39.7. The molecule has 1 aliphatic heterocycles. The number of amidine groups is 1. The molecule has 0 unspecified atom stereocenters. The van der Waals surface area contributed by atoms with Crippen molar-refractivity contribution in [2.45, 2.75) is 0 Å². The predicted octanol–water partition coefficient (Wildman–Crippen LogP) is 5.36. The molecule has 0 saturated carbocycles. The van der Waals surface area contributed by atoms with Crippen molar-refractivity contribution in [2.24, 2.45) is 4.99 Å². The second kappa shape index (κ2) is 9.68. The zero-order valence-electron chi connectivity index (χ0n) is 16.7. The molecule has 10 heteroatoms. The molecule has 0 aliphatic carbocycles. The van der Waals surface area contributed by atoms with Crippen LogP contribution in [0.2, 0.25) is 5.02 Å². The molecule has 0 radical (unpaired) electrons. The first-order valence-electron chi connectivity index (χ1n) is 9.50. The van der Waals surface area contributed by atoms with E-state index < -0.39 is 10.9 Å². The zero-order chi connectivity index (χ0) is 23.4. The number of nitro benzene ring substituents is 1. The van der Waals surface area contributed by atoms with Crippen molar-refractivity contribution in [1.29, 1.82) is 0 Å². The Balaban J connectivity index is 1.48. The smallest absolute Gasteiger partial charge is 0.343 e. The van der Waals surface area contributed by atoms with Gasteiger partial charge in [-0.25, -0.2) is 9.79 Å². The monoisotopic (exact) mass is 479 g/mol. The number of hydrogen-bond acceptors (Lipinski definition) is 7. The van der Waals surface area contributed by atoms with Crippen LogP contribution in [-0.4, -0.2) is 22.0 Å². The highest BCUT2D eigenvalue weighted by Crippen LogP contribution is 2.31. The lowest BCUT2D eigenvalue weighted by atomic mass is 10.2. The van der Waals surface area contributed by atoms with E-state index in [0.717, 1.165) is 0 Å². The summed E-state index contributed by atoms with van der Waals surface area (Å²) in [7, 11) is 0. The van der Waals surface area contributed by atoms with Crippen LogP contribution in [0.3, 0.4) is 0 Å². The number of nitrogens with zero attached hydrogens (tertiary/aromatic N) is 2. The normalized spacial score (nSPS) is 15.5. The number of carbonyl (C=O) groups is 2. The number of halogens is 1. The van der Waals surface area contributed by atoms with Gasteiger partial charge >= 0.3 is 5.97 Å². The van der Waals surface area contributed by atoms with Crippen LogP contribution in [-0.2, 0) is 4.79 Å². The highest BCUT2D eigenvalue weighted by Gasteiger charge is 2.24. The number of para-hydroxylation sites is 1. The van der Waals surface area contributed by atoms with Gasteiger partial charge in [-0.2, -0.15) is 0 Å². The fourth-order valence-electron chi connectivity index (χ4n) is 2.84. The van der Waals surface area contributed by atoms with Gasteiger partial charge in [-0.3, -0.25) is 14.9 Å². The van der Waals surface area contributed by atoms with Gasteiger partial charge in [-0.05, 0) is 59.8 Å². The minimum atomic E-state index is -0.656. The molecule has 1 amide bonds. The number of hydrogen-bond donors (Lipinski definition) is 1. The molecule has 3 aromatic rings. The summed E-state index contributed by atoms with van der Waals surface area (Å²) >= 11 is 7.28. The van der Waals surface area contributed by atoms with Crippen molar-refractivity contribution in [2.75, 3.05) is 0 Å². The standard InChI is InChI=1S/C23H14ClN3O5S/c24-18-6-1-2-7-19(18)25-23-26-21(28)20(33-23)13-14-4-3-5-17(12-14)32-22(29)15-8-10-16(11-9-15)27(30)31/h1-13H,(H,25,26,28)/b20-13+. The summed E-state index contributed by atoms with van der Waals surface area (Å²) in [5, 5.41) is 14.3. The predicted molar refractivity (Wildman–Crippen MR) is 127 cm³/mol. The summed E-state index contributed by atoms with van der Waals surface area (Å²) in [5.41, 5.74) is 1.24. The first-order valence-corrected chi connectivity index (χ1v) is 10.7. The first-order chi connectivity index (χ1) is 15.9. The summed E-state index contributed by atoms with van der Waals surface area (Å²) in [6.07, 6.45) is 1.65. The number of esters is 1. The number of rotatable bonds is 5. The molecule has 3 aromatic carbocycles. The third-order valence-electron chi connectivity index (χ3n) is 4.41. The Labute approximate surface area is 197 Å². The van der Waals surface area contributed by atoms with Crippen molar-refractivity contribution in [1.82, 2.24) is 5.32 Å². The van der Waals surface area contributed by atoms with Crippen molar-refractivity contribution in [3.05, 3.63) is 104 Å². The molecule has 1 fully saturated rings. The summed E-state index contributed by atoms with van der Waals surface area (Å²) in [6, 6.07) is 18.8. The number of nitro groups is 1. The van der Waals surface area contributed by atoms with Gasteiger partial charge in [0.2, 0.25) is 0 Å². The number of carbonyl (C=O) groups excluding carboxylic acids is 2. The number of aliphatic imine (C=N–C) groups is 1. The van der Waals surface area contributed by atoms with Crippen LogP contribution in [0.1, 0.15) is 15.9 Å². The Morgan fingerprint density at radius 3 is 2.58 bits per heavy atom. The van der Waals surface area contributed by atoms with Crippen molar-refractivity contribution in [3.8, 4) is 5.75 Å². The molecule has 1 heterocycles. The zero-order valence-corrected chi connectivity index (χ0v) is 18.3. The summed E-state index contributed by atoms with van der Waals surface area (Å²) < 4.78 is 5.36. The number of benzene rings is 3. The molecule has 1 aliphatic rings.